The third-order valence-electron chi connectivity index (χ3n) is 6.90. The van der Waals surface area contributed by atoms with E-state index in [0.717, 1.165) is 42.5 Å². The number of carboxylic acid groups (broad SMARTS) is 1. The van der Waals surface area contributed by atoms with Crippen molar-refractivity contribution in [2.24, 2.45) is 11.3 Å². The smallest absolute Gasteiger partial charge is 0.416 e. The summed E-state index contributed by atoms with van der Waals surface area (Å²) in [4.78, 5) is 16.0. The van der Waals surface area contributed by atoms with E-state index in [0.29, 0.717) is 35.2 Å². The van der Waals surface area contributed by atoms with Crippen LogP contribution in [0.3, 0.4) is 0 Å². The Labute approximate surface area is 208 Å². The summed E-state index contributed by atoms with van der Waals surface area (Å²) in [6.45, 7) is 6.74. The molecule has 6 nitrogen and oxygen atoms in total. The maximum absolute atomic E-state index is 13.0. The second-order valence-corrected chi connectivity index (χ2v) is 10.6. The summed E-state index contributed by atoms with van der Waals surface area (Å²) in [5, 5.41) is 12.4. The van der Waals surface area contributed by atoms with Crippen molar-refractivity contribution in [2.45, 2.75) is 65.1 Å². The van der Waals surface area contributed by atoms with Gasteiger partial charge in [0.1, 0.15) is 5.75 Å². The molecule has 0 radical (unpaired) electrons. The molecule has 0 unspecified atom stereocenters. The van der Waals surface area contributed by atoms with Crippen molar-refractivity contribution in [3.63, 3.8) is 0 Å². The lowest BCUT2D eigenvalue weighted by molar-refractivity contribution is -0.138. The largest absolute Gasteiger partial charge is 0.496 e. The lowest BCUT2D eigenvalue weighted by Gasteiger charge is -2.40. The Hall–Kier alpha value is -3.23. The van der Waals surface area contributed by atoms with Crippen LogP contribution in [-0.4, -0.2) is 27.7 Å². The fourth-order valence-electron chi connectivity index (χ4n) is 5.61. The zero-order chi connectivity index (χ0) is 26.3. The number of methoxy groups -OCH3 is 1. The van der Waals surface area contributed by atoms with Crippen molar-refractivity contribution >= 4 is 28.6 Å². The van der Waals surface area contributed by atoms with Crippen LogP contribution in [0.4, 0.5) is 24.8 Å². The van der Waals surface area contributed by atoms with Crippen LogP contribution in [0.2, 0.25) is 0 Å². The molecule has 0 saturated heterocycles. The van der Waals surface area contributed by atoms with Crippen molar-refractivity contribution in [2.75, 3.05) is 12.4 Å². The number of imidazole rings is 1. The molecule has 1 aromatic heterocycles. The molecule has 194 valence electrons. The molecule has 0 spiro atoms. The minimum atomic E-state index is -4.40. The van der Waals surface area contributed by atoms with E-state index in [2.05, 4.69) is 30.7 Å². The third kappa shape index (κ3) is 5.60. The van der Waals surface area contributed by atoms with Crippen LogP contribution in [-0.2, 0) is 17.4 Å². The Morgan fingerprint density at radius 3 is 2.50 bits per heavy atom. The van der Waals surface area contributed by atoms with Gasteiger partial charge in [-0.05, 0) is 72.9 Å². The highest BCUT2D eigenvalue weighted by Crippen LogP contribution is 2.46. The van der Waals surface area contributed by atoms with E-state index in [1.807, 2.05) is 12.1 Å². The molecule has 36 heavy (non-hydrogen) atoms. The van der Waals surface area contributed by atoms with E-state index >= 15 is 0 Å². The molecule has 1 saturated carbocycles. The molecule has 4 rings (SSSR count). The molecular weight excluding hydrogens is 471 g/mol. The Morgan fingerprint density at radius 2 is 1.92 bits per heavy atom. The summed E-state index contributed by atoms with van der Waals surface area (Å²) < 4.78 is 46.9. The maximum Gasteiger partial charge on any atom is 0.416 e. The quantitative estimate of drug-likeness (QED) is 0.356. The van der Waals surface area contributed by atoms with Gasteiger partial charge < -0.3 is 19.7 Å². The fraction of sp³-hybridized carbons (Fsp3) is 0.481. The monoisotopic (exact) mass is 503 g/mol. The van der Waals surface area contributed by atoms with Gasteiger partial charge in [0.2, 0.25) is 5.95 Å². The maximum atomic E-state index is 13.0. The SMILES string of the molecule is COc1cc2c(cc1CCC(=O)O)nc(Nc1ccc(C(F)(F)F)cc1)n2[C@@H]1C[C@@H](C)CC(C)(C)C1. The molecule has 0 bridgehead atoms. The van der Waals surface area contributed by atoms with Gasteiger partial charge in [-0.3, -0.25) is 4.79 Å². The number of carbonyl (C=O) groups is 1. The molecule has 1 aliphatic rings. The number of fused-ring (bicyclic) bond motifs is 1. The Bertz CT molecular complexity index is 1250. The highest BCUT2D eigenvalue weighted by molar-refractivity contribution is 5.83. The van der Waals surface area contributed by atoms with Crippen LogP contribution in [0.15, 0.2) is 36.4 Å². The number of carboxylic acids is 1. The zero-order valence-corrected chi connectivity index (χ0v) is 20.9. The molecule has 9 heteroatoms. The third-order valence-corrected chi connectivity index (χ3v) is 6.90. The number of aryl methyl sites for hydroxylation is 1. The standard InChI is InChI=1S/C27H32F3N3O3/c1-16-11-20(15-26(2,3)14-16)33-22-13-23(36-4)17(5-10-24(34)35)12-21(22)32-25(33)31-19-8-6-18(7-9-19)27(28,29)30/h6-9,12-13,16,20H,5,10-11,14-15H2,1-4H3,(H,31,32)(H,34,35)/t16-,20-/m1/s1. The van der Waals surface area contributed by atoms with Crippen LogP contribution >= 0.6 is 0 Å². The van der Waals surface area contributed by atoms with Crippen LogP contribution in [0.1, 0.15) is 63.6 Å². The summed E-state index contributed by atoms with van der Waals surface area (Å²) in [5.41, 5.74) is 2.18. The first-order chi connectivity index (χ1) is 16.9. The van der Waals surface area contributed by atoms with Gasteiger partial charge in [-0.2, -0.15) is 13.2 Å². The van der Waals surface area contributed by atoms with Crippen LogP contribution in [0.5, 0.6) is 5.75 Å². The highest BCUT2D eigenvalue weighted by Gasteiger charge is 2.35. The molecule has 0 aliphatic heterocycles. The van der Waals surface area contributed by atoms with E-state index in [1.54, 1.807) is 7.11 Å². The number of nitrogens with zero attached hydrogens (tertiary/aromatic N) is 2. The van der Waals surface area contributed by atoms with Crippen molar-refractivity contribution < 1.29 is 27.8 Å². The van der Waals surface area contributed by atoms with Gasteiger partial charge in [-0.25, -0.2) is 4.98 Å². The number of hydrogen-bond donors (Lipinski definition) is 2. The molecule has 2 aromatic carbocycles. The predicted molar refractivity (Wildman–Crippen MR) is 133 cm³/mol. The second kappa shape index (κ2) is 9.67. The van der Waals surface area contributed by atoms with Gasteiger partial charge in [0.05, 0.1) is 23.7 Å². The summed E-state index contributed by atoms with van der Waals surface area (Å²) in [5.74, 6) is 0.726. The van der Waals surface area contributed by atoms with Gasteiger partial charge in [-0.1, -0.05) is 20.8 Å². The van der Waals surface area contributed by atoms with E-state index in [-0.39, 0.29) is 17.9 Å². The Balaban J connectivity index is 1.80. The van der Waals surface area contributed by atoms with Gasteiger partial charge in [-0.15, -0.1) is 0 Å². The lowest BCUT2D eigenvalue weighted by Crippen LogP contribution is -2.29. The van der Waals surface area contributed by atoms with Gasteiger partial charge in [0.15, 0.2) is 0 Å². The van der Waals surface area contributed by atoms with Crippen LogP contribution in [0, 0.1) is 11.3 Å². The minimum absolute atomic E-state index is 0.0342. The second-order valence-electron chi connectivity index (χ2n) is 10.6. The number of halogens is 3. The highest BCUT2D eigenvalue weighted by atomic mass is 19.4. The first kappa shape index (κ1) is 25.9. The Kier molecular flexibility index (Phi) is 6.94. The van der Waals surface area contributed by atoms with Crippen molar-refractivity contribution in [3.8, 4) is 5.75 Å². The fourth-order valence-corrected chi connectivity index (χ4v) is 5.61. The van der Waals surface area contributed by atoms with Crippen molar-refractivity contribution in [3.05, 3.63) is 47.5 Å². The molecule has 3 aromatic rings. The molecule has 1 aliphatic carbocycles. The predicted octanol–water partition coefficient (Wildman–Crippen LogP) is 7.21. The van der Waals surface area contributed by atoms with Crippen molar-refractivity contribution in [1.29, 1.82) is 0 Å². The average molecular weight is 504 g/mol. The minimum Gasteiger partial charge on any atom is -0.496 e. The molecule has 2 atom stereocenters. The van der Waals surface area contributed by atoms with Gasteiger partial charge >= 0.3 is 12.1 Å². The number of alkyl halides is 3. The first-order valence-electron chi connectivity index (χ1n) is 12.1. The number of hydrogen-bond acceptors (Lipinski definition) is 4. The first-order valence-corrected chi connectivity index (χ1v) is 12.1. The number of aromatic nitrogens is 2. The van der Waals surface area contributed by atoms with E-state index in [4.69, 9.17) is 14.8 Å². The number of anilines is 2. The number of ether oxygens (including phenoxy) is 1. The van der Waals surface area contributed by atoms with E-state index < -0.39 is 17.7 Å². The summed E-state index contributed by atoms with van der Waals surface area (Å²) in [6, 6.07) is 8.77. The number of aliphatic carboxylic acids is 1. The Morgan fingerprint density at radius 1 is 1.22 bits per heavy atom. The molecular formula is C27H32F3N3O3. The summed E-state index contributed by atoms with van der Waals surface area (Å²) in [6.07, 6.45) is -1.16. The number of rotatable bonds is 7. The molecule has 2 N–H and O–H groups in total. The normalized spacial score (nSPS) is 19.9. The van der Waals surface area contributed by atoms with Gasteiger partial charge in [0, 0.05) is 24.2 Å². The van der Waals surface area contributed by atoms with Crippen molar-refractivity contribution in [1.82, 2.24) is 9.55 Å². The molecule has 1 heterocycles. The molecule has 0 amide bonds. The molecule has 1 fully saturated rings. The van der Waals surface area contributed by atoms with Crippen LogP contribution < -0.4 is 10.1 Å². The zero-order valence-electron chi connectivity index (χ0n) is 20.9. The summed E-state index contributed by atoms with van der Waals surface area (Å²) >= 11 is 0. The van der Waals surface area contributed by atoms with E-state index in [9.17, 15) is 18.0 Å². The number of benzene rings is 2. The summed E-state index contributed by atoms with van der Waals surface area (Å²) in [7, 11) is 1.55. The lowest BCUT2D eigenvalue weighted by atomic mass is 9.70. The van der Waals surface area contributed by atoms with E-state index in [1.165, 1.54) is 12.1 Å². The number of nitrogens with one attached hydrogen (secondary N) is 1. The van der Waals surface area contributed by atoms with Crippen LogP contribution in [0.25, 0.3) is 11.0 Å². The average Bonchev–Trinajstić information content (AvgIpc) is 3.11. The topological polar surface area (TPSA) is 76.4 Å². The van der Waals surface area contributed by atoms with Gasteiger partial charge in [0.25, 0.3) is 0 Å².